The monoisotopic (exact) mass is 498 g/mol. The lowest BCUT2D eigenvalue weighted by Crippen LogP contribution is -2.44. The van der Waals surface area contributed by atoms with Gasteiger partial charge in [-0.05, 0) is 62.4 Å². The Morgan fingerprint density at radius 1 is 1.11 bits per heavy atom. The molecule has 192 valence electrons. The van der Waals surface area contributed by atoms with Gasteiger partial charge in [0, 0.05) is 19.6 Å². The fraction of sp³-hybridized carbons (Fsp3) is 0.379. The number of amides is 1. The number of nitrogens with one attached hydrogen (secondary N) is 1. The summed E-state index contributed by atoms with van der Waals surface area (Å²) < 4.78 is 7.24. The number of hydrogen-bond donors (Lipinski definition) is 1. The standard InChI is InChI=1S/C29H34N6O2/c1-19(22-9-6-5-7-10-22)17-30-29(36)23-11-8-16-34(18-23)28-27-26(20(2)31-32-28)21(3)35(33-27)24-12-14-25(37-4)15-13-24/h5-7,9-10,12-15,19,23H,8,11,16-18H2,1-4H3,(H,30,36)/t19-,23-/m1/s1. The number of anilines is 1. The van der Waals surface area contributed by atoms with Crippen LogP contribution in [-0.4, -0.2) is 52.6 Å². The summed E-state index contributed by atoms with van der Waals surface area (Å²) >= 11 is 0. The van der Waals surface area contributed by atoms with Crippen molar-refractivity contribution in [3.05, 3.63) is 71.5 Å². The fourth-order valence-corrected chi connectivity index (χ4v) is 5.18. The van der Waals surface area contributed by atoms with E-state index in [1.807, 2.05) is 54.1 Å². The van der Waals surface area contributed by atoms with E-state index in [0.717, 1.165) is 58.9 Å². The van der Waals surface area contributed by atoms with Gasteiger partial charge in [-0.1, -0.05) is 37.3 Å². The van der Waals surface area contributed by atoms with Crippen molar-refractivity contribution in [3.63, 3.8) is 0 Å². The molecule has 2 aromatic carbocycles. The minimum absolute atomic E-state index is 0.0975. The summed E-state index contributed by atoms with van der Waals surface area (Å²) in [5.41, 5.74) is 4.85. The number of methoxy groups -OCH3 is 1. The fourth-order valence-electron chi connectivity index (χ4n) is 5.18. The van der Waals surface area contributed by atoms with Crippen molar-refractivity contribution in [2.75, 3.05) is 31.6 Å². The van der Waals surface area contributed by atoms with Gasteiger partial charge >= 0.3 is 0 Å². The van der Waals surface area contributed by atoms with Crippen LogP contribution in [0.2, 0.25) is 0 Å². The van der Waals surface area contributed by atoms with Crippen LogP contribution in [0.15, 0.2) is 54.6 Å². The average molecular weight is 499 g/mol. The van der Waals surface area contributed by atoms with Crippen LogP contribution in [0, 0.1) is 19.8 Å². The van der Waals surface area contributed by atoms with Crippen LogP contribution >= 0.6 is 0 Å². The zero-order valence-electron chi connectivity index (χ0n) is 21.9. The zero-order valence-corrected chi connectivity index (χ0v) is 21.9. The van der Waals surface area contributed by atoms with E-state index in [2.05, 4.69) is 46.4 Å². The number of ether oxygens (including phenoxy) is 1. The van der Waals surface area contributed by atoms with Crippen LogP contribution in [-0.2, 0) is 4.79 Å². The van der Waals surface area contributed by atoms with Crippen LogP contribution in [0.4, 0.5) is 5.82 Å². The van der Waals surface area contributed by atoms with Gasteiger partial charge in [0.1, 0.15) is 11.3 Å². The molecule has 2 atom stereocenters. The number of aryl methyl sites for hydroxylation is 2. The second-order valence-corrected chi connectivity index (χ2v) is 9.87. The Labute approximate surface area is 217 Å². The molecular weight excluding hydrogens is 464 g/mol. The van der Waals surface area contributed by atoms with Gasteiger partial charge in [-0.15, -0.1) is 5.10 Å². The maximum atomic E-state index is 13.1. The number of rotatable bonds is 7. The molecule has 8 heteroatoms. The molecule has 1 aliphatic heterocycles. The van der Waals surface area contributed by atoms with Crippen molar-refractivity contribution in [2.24, 2.45) is 5.92 Å². The number of carbonyl (C=O) groups excluding carboxylic acids is 1. The molecule has 1 fully saturated rings. The number of aromatic nitrogens is 4. The smallest absolute Gasteiger partial charge is 0.224 e. The lowest BCUT2D eigenvalue weighted by molar-refractivity contribution is -0.125. The van der Waals surface area contributed by atoms with Crippen LogP contribution in [0.3, 0.4) is 0 Å². The van der Waals surface area contributed by atoms with Gasteiger partial charge in [0.15, 0.2) is 5.82 Å². The molecule has 1 N–H and O–H groups in total. The molecule has 3 heterocycles. The minimum Gasteiger partial charge on any atom is -0.497 e. The number of nitrogens with zero attached hydrogens (tertiary/aromatic N) is 5. The summed E-state index contributed by atoms with van der Waals surface area (Å²) in [7, 11) is 1.66. The molecule has 2 aromatic heterocycles. The quantitative estimate of drug-likeness (QED) is 0.402. The molecular formula is C29H34N6O2. The van der Waals surface area contributed by atoms with E-state index in [4.69, 9.17) is 9.84 Å². The van der Waals surface area contributed by atoms with Gasteiger partial charge in [0.2, 0.25) is 5.91 Å². The van der Waals surface area contributed by atoms with Crippen molar-refractivity contribution in [2.45, 2.75) is 39.5 Å². The molecule has 0 saturated carbocycles. The molecule has 0 spiro atoms. The number of piperidine rings is 1. The van der Waals surface area contributed by atoms with E-state index in [9.17, 15) is 4.79 Å². The van der Waals surface area contributed by atoms with Crippen LogP contribution in [0.25, 0.3) is 16.6 Å². The SMILES string of the molecule is COc1ccc(-n2nc3c(N4CCC[C@@H](C(=O)NC[C@@H](C)c5ccccc5)C4)nnc(C)c3c2C)cc1. The molecule has 5 rings (SSSR count). The molecule has 0 bridgehead atoms. The molecule has 4 aromatic rings. The first kappa shape index (κ1) is 24.7. The van der Waals surface area contributed by atoms with Gasteiger partial charge < -0.3 is 15.0 Å². The Hall–Kier alpha value is -3.94. The lowest BCUT2D eigenvalue weighted by atomic mass is 9.96. The predicted octanol–water partition coefficient (Wildman–Crippen LogP) is 4.58. The molecule has 1 saturated heterocycles. The zero-order chi connectivity index (χ0) is 25.9. The summed E-state index contributed by atoms with van der Waals surface area (Å²) in [4.78, 5) is 15.3. The molecule has 1 aliphatic rings. The summed E-state index contributed by atoms with van der Waals surface area (Å²) in [6, 6.07) is 18.1. The van der Waals surface area contributed by atoms with E-state index in [1.165, 1.54) is 5.56 Å². The third kappa shape index (κ3) is 5.01. The highest BCUT2D eigenvalue weighted by molar-refractivity contribution is 5.92. The number of carbonyl (C=O) groups is 1. The van der Waals surface area contributed by atoms with Crippen molar-refractivity contribution in [1.82, 2.24) is 25.3 Å². The second kappa shape index (κ2) is 10.6. The summed E-state index contributed by atoms with van der Waals surface area (Å²) in [5.74, 6) is 1.81. The Balaban J connectivity index is 1.36. The topological polar surface area (TPSA) is 85.2 Å². The first-order valence-electron chi connectivity index (χ1n) is 12.9. The molecule has 0 aliphatic carbocycles. The average Bonchev–Trinajstić information content (AvgIpc) is 3.30. The van der Waals surface area contributed by atoms with Gasteiger partial charge in [0.05, 0.1) is 35.5 Å². The Kier molecular flexibility index (Phi) is 7.08. The van der Waals surface area contributed by atoms with Crippen molar-refractivity contribution in [3.8, 4) is 11.4 Å². The first-order valence-corrected chi connectivity index (χ1v) is 12.9. The third-order valence-electron chi connectivity index (χ3n) is 7.34. The largest absolute Gasteiger partial charge is 0.497 e. The second-order valence-electron chi connectivity index (χ2n) is 9.87. The Bertz CT molecular complexity index is 1380. The summed E-state index contributed by atoms with van der Waals surface area (Å²) in [6.07, 6.45) is 1.78. The number of fused-ring (bicyclic) bond motifs is 1. The highest BCUT2D eigenvalue weighted by atomic mass is 16.5. The molecule has 0 radical (unpaired) electrons. The van der Waals surface area contributed by atoms with Crippen molar-refractivity contribution < 1.29 is 9.53 Å². The predicted molar refractivity (Wildman–Crippen MR) is 145 cm³/mol. The Morgan fingerprint density at radius 2 is 1.86 bits per heavy atom. The normalized spacial score (nSPS) is 16.5. The highest BCUT2D eigenvalue weighted by Gasteiger charge is 2.29. The van der Waals surface area contributed by atoms with Gasteiger partial charge in [-0.2, -0.15) is 10.2 Å². The van der Waals surface area contributed by atoms with Crippen molar-refractivity contribution in [1.29, 1.82) is 0 Å². The van der Waals surface area contributed by atoms with Gasteiger partial charge in [-0.25, -0.2) is 4.68 Å². The van der Waals surface area contributed by atoms with Crippen LogP contribution in [0.1, 0.15) is 42.6 Å². The molecule has 8 nitrogen and oxygen atoms in total. The van der Waals surface area contributed by atoms with E-state index in [-0.39, 0.29) is 17.7 Å². The summed E-state index contributed by atoms with van der Waals surface area (Å²) in [5, 5.41) is 18.2. The van der Waals surface area contributed by atoms with Crippen LogP contribution < -0.4 is 15.0 Å². The lowest BCUT2D eigenvalue weighted by Gasteiger charge is -2.32. The molecule has 37 heavy (non-hydrogen) atoms. The number of hydrogen-bond acceptors (Lipinski definition) is 6. The van der Waals surface area contributed by atoms with Crippen molar-refractivity contribution >= 4 is 22.6 Å². The Morgan fingerprint density at radius 3 is 2.59 bits per heavy atom. The van der Waals surface area contributed by atoms with Gasteiger partial charge in [-0.3, -0.25) is 4.79 Å². The number of benzene rings is 2. The van der Waals surface area contributed by atoms with Gasteiger partial charge in [0.25, 0.3) is 0 Å². The maximum absolute atomic E-state index is 13.1. The van der Waals surface area contributed by atoms with Crippen LogP contribution in [0.5, 0.6) is 5.75 Å². The third-order valence-corrected chi connectivity index (χ3v) is 7.34. The molecule has 1 amide bonds. The molecule has 0 unspecified atom stereocenters. The van der Waals surface area contributed by atoms with E-state index in [0.29, 0.717) is 13.1 Å². The van der Waals surface area contributed by atoms with E-state index < -0.39 is 0 Å². The van der Waals surface area contributed by atoms with E-state index in [1.54, 1.807) is 7.11 Å². The maximum Gasteiger partial charge on any atom is 0.224 e. The minimum atomic E-state index is -0.0975. The van der Waals surface area contributed by atoms with E-state index >= 15 is 0 Å². The first-order chi connectivity index (χ1) is 18.0. The summed E-state index contributed by atoms with van der Waals surface area (Å²) in [6.45, 7) is 8.21. The highest BCUT2D eigenvalue weighted by Crippen LogP contribution is 2.32.